The van der Waals surface area contributed by atoms with Crippen LogP contribution >= 0.6 is 0 Å². The van der Waals surface area contributed by atoms with E-state index in [2.05, 4.69) is 0 Å². The molecule has 5 nitrogen and oxygen atoms in total. The van der Waals surface area contributed by atoms with Crippen molar-refractivity contribution in [2.24, 2.45) is 0 Å². The number of hydrogen-bond acceptors (Lipinski definition) is 5. The molecular formula is C14H16O5. The van der Waals surface area contributed by atoms with Crippen molar-refractivity contribution in [1.82, 2.24) is 0 Å². The molecule has 1 aromatic carbocycles. The molecule has 4 atom stereocenters. The molecule has 0 spiro atoms. The SMILES string of the molecule is Cc1ccc(C(=O)O[C@@H]2CO[C@H]3[C@@H]2OC[C@@H]3O)cc1. The molecule has 2 saturated heterocycles. The first kappa shape index (κ1) is 12.6. The van der Waals surface area contributed by atoms with E-state index >= 15 is 0 Å². The van der Waals surface area contributed by atoms with E-state index in [4.69, 9.17) is 14.2 Å². The maximum absolute atomic E-state index is 12.0. The van der Waals surface area contributed by atoms with Gasteiger partial charge in [0, 0.05) is 0 Å². The summed E-state index contributed by atoms with van der Waals surface area (Å²) in [6, 6.07) is 7.19. The molecule has 2 aliphatic rings. The number of aryl methyl sites for hydroxylation is 1. The number of fused-ring (bicyclic) bond motifs is 1. The highest BCUT2D eigenvalue weighted by Crippen LogP contribution is 2.29. The van der Waals surface area contributed by atoms with Gasteiger partial charge in [-0.2, -0.15) is 0 Å². The minimum Gasteiger partial charge on any atom is -0.453 e. The highest BCUT2D eigenvalue weighted by molar-refractivity contribution is 5.89. The lowest BCUT2D eigenvalue weighted by Crippen LogP contribution is -2.34. The second-order valence-corrected chi connectivity index (χ2v) is 4.97. The van der Waals surface area contributed by atoms with Crippen molar-refractivity contribution in [3.8, 4) is 0 Å². The van der Waals surface area contributed by atoms with Gasteiger partial charge in [0.15, 0.2) is 6.10 Å². The number of aliphatic hydroxyl groups excluding tert-OH is 1. The van der Waals surface area contributed by atoms with Gasteiger partial charge < -0.3 is 19.3 Å². The Morgan fingerprint density at radius 3 is 2.63 bits per heavy atom. The molecule has 0 aromatic heterocycles. The third-order valence-corrected chi connectivity index (χ3v) is 3.53. The van der Waals surface area contributed by atoms with E-state index < -0.39 is 12.2 Å². The quantitative estimate of drug-likeness (QED) is 0.796. The second-order valence-electron chi connectivity index (χ2n) is 4.97. The van der Waals surface area contributed by atoms with E-state index in [0.29, 0.717) is 5.56 Å². The highest BCUT2D eigenvalue weighted by atomic mass is 16.6. The monoisotopic (exact) mass is 264 g/mol. The van der Waals surface area contributed by atoms with Crippen molar-refractivity contribution in [3.05, 3.63) is 35.4 Å². The molecule has 0 saturated carbocycles. The smallest absolute Gasteiger partial charge is 0.338 e. The molecule has 0 radical (unpaired) electrons. The van der Waals surface area contributed by atoms with Gasteiger partial charge in [0.25, 0.3) is 0 Å². The Morgan fingerprint density at radius 2 is 1.89 bits per heavy atom. The van der Waals surface area contributed by atoms with Gasteiger partial charge in [0.1, 0.15) is 18.3 Å². The third kappa shape index (κ3) is 2.36. The van der Waals surface area contributed by atoms with E-state index in [-0.39, 0.29) is 31.4 Å². The molecule has 0 unspecified atom stereocenters. The van der Waals surface area contributed by atoms with Crippen molar-refractivity contribution >= 4 is 5.97 Å². The zero-order valence-electron chi connectivity index (χ0n) is 10.6. The largest absolute Gasteiger partial charge is 0.453 e. The van der Waals surface area contributed by atoms with Crippen LogP contribution in [0.25, 0.3) is 0 Å². The number of carbonyl (C=O) groups is 1. The Kier molecular flexibility index (Phi) is 3.26. The molecule has 1 aromatic rings. The Hall–Kier alpha value is -1.43. The topological polar surface area (TPSA) is 65.0 Å². The summed E-state index contributed by atoms with van der Waals surface area (Å²) >= 11 is 0. The zero-order chi connectivity index (χ0) is 13.4. The Balaban J connectivity index is 1.66. The molecule has 102 valence electrons. The molecule has 19 heavy (non-hydrogen) atoms. The van der Waals surface area contributed by atoms with Gasteiger partial charge in [-0.1, -0.05) is 17.7 Å². The van der Waals surface area contributed by atoms with Crippen molar-refractivity contribution in [2.75, 3.05) is 13.2 Å². The van der Waals surface area contributed by atoms with Crippen LogP contribution in [0.2, 0.25) is 0 Å². The molecule has 2 fully saturated rings. The number of carbonyl (C=O) groups excluding carboxylic acids is 1. The summed E-state index contributed by atoms with van der Waals surface area (Å²) in [5.74, 6) is -0.390. The maximum atomic E-state index is 12.0. The molecule has 0 aliphatic carbocycles. The van der Waals surface area contributed by atoms with Gasteiger partial charge in [-0.15, -0.1) is 0 Å². The van der Waals surface area contributed by atoms with E-state index in [1.807, 2.05) is 19.1 Å². The Labute approximate surface area is 111 Å². The van der Waals surface area contributed by atoms with Crippen molar-refractivity contribution in [1.29, 1.82) is 0 Å². The third-order valence-electron chi connectivity index (χ3n) is 3.53. The predicted molar refractivity (Wildman–Crippen MR) is 65.9 cm³/mol. The van der Waals surface area contributed by atoms with Gasteiger partial charge >= 0.3 is 5.97 Å². The van der Waals surface area contributed by atoms with Crippen LogP contribution in [0.15, 0.2) is 24.3 Å². The molecule has 1 N–H and O–H groups in total. The summed E-state index contributed by atoms with van der Waals surface area (Å²) in [4.78, 5) is 12.0. The number of aliphatic hydroxyl groups is 1. The Bertz CT molecular complexity index is 469. The van der Waals surface area contributed by atoms with Crippen LogP contribution in [0.4, 0.5) is 0 Å². The Morgan fingerprint density at radius 1 is 1.21 bits per heavy atom. The van der Waals surface area contributed by atoms with E-state index in [0.717, 1.165) is 5.56 Å². The fraction of sp³-hybridized carbons (Fsp3) is 0.500. The van der Waals surface area contributed by atoms with Crippen molar-refractivity contribution in [3.63, 3.8) is 0 Å². The van der Waals surface area contributed by atoms with Crippen LogP contribution in [0, 0.1) is 6.92 Å². The lowest BCUT2D eigenvalue weighted by atomic mass is 10.1. The minimum atomic E-state index is -0.631. The molecule has 2 heterocycles. The van der Waals surface area contributed by atoms with Gasteiger partial charge in [-0.25, -0.2) is 4.79 Å². The van der Waals surface area contributed by atoms with E-state index in [9.17, 15) is 9.90 Å². The van der Waals surface area contributed by atoms with Crippen LogP contribution in [0.5, 0.6) is 0 Å². The van der Waals surface area contributed by atoms with Crippen LogP contribution in [-0.2, 0) is 14.2 Å². The summed E-state index contributed by atoms with van der Waals surface area (Å²) in [5.41, 5.74) is 1.59. The lowest BCUT2D eigenvalue weighted by Gasteiger charge is -2.16. The number of rotatable bonds is 2. The molecule has 5 heteroatoms. The molecule has 0 bridgehead atoms. The molecular weight excluding hydrogens is 248 g/mol. The number of benzene rings is 1. The molecule has 2 aliphatic heterocycles. The van der Waals surface area contributed by atoms with E-state index in [1.165, 1.54) is 0 Å². The average molecular weight is 264 g/mol. The zero-order valence-corrected chi connectivity index (χ0v) is 10.6. The number of ether oxygens (including phenoxy) is 3. The summed E-state index contributed by atoms with van der Waals surface area (Å²) in [6.45, 7) is 2.45. The van der Waals surface area contributed by atoms with Gasteiger partial charge in [-0.3, -0.25) is 0 Å². The number of esters is 1. The predicted octanol–water partition coefficient (Wildman–Crippen LogP) is 0.679. The van der Waals surface area contributed by atoms with Crippen molar-refractivity contribution in [2.45, 2.75) is 31.3 Å². The van der Waals surface area contributed by atoms with Crippen LogP contribution in [0.3, 0.4) is 0 Å². The highest BCUT2D eigenvalue weighted by Gasteiger charge is 2.48. The average Bonchev–Trinajstić information content (AvgIpc) is 2.95. The van der Waals surface area contributed by atoms with Gasteiger partial charge in [-0.05, 0) is 19.1 Å². The fourth-order valence-corrected chi connectivity index (χ4v) is 2.44. The molecule has 0 amide bonds. The van der Waals surface area contributed by atoms with Crippen LogP contribution in [-0.4, -0.2) is 48.7 Å². The van der Waals surface area contributed by atoms with Gasteiger partial charge in [0.05, 0.1) is 18.8 Å². The summed E-state index contributed by atoms with van der Waals surface area (Å²) < 4.78 is 16.2. The standard InChI is InChI=1S/C14H16O5/c1-8-2-4-9(5-3-8)14(16)19-11-7-18-12-10(15)6-17-13(11)12/h2-5,10-13,15H,6-7H2,1H3/t10-,11+,12+,13+/m0/s1. The number of hydrogen-bond donors (Lipinski definition) is 1. The van der Waals surface area contributed by atoms with Gasteiger partial charge in [0.2, 0.25) is 0 Å². The minimum absolute atomic E-state index is 0.230. The first-order valence-electron chi connectivity index (χ1n) is 6.34. The van der Waals surface area contributed by atoms with E-state index in [1.54, 1.807) is 12.1 Å². The summed E-state index contributed by atoms with van der Waals surface area (Å²) in [6.07, 6.45) is -1.82. The van der Waals surface area contributed by atoms with Crippen LogP contribution in [0.1, 0.15) is 15.9 Å². The molecule has 3 rings (SSSR count). The fourth-order valence-electron chi connectivity index (χ4n) is 2.44. The maximum Gasteiger partial charge on any atom is 0.338 e. The summed E-state index contributed by atoms with van der Waals surface area (Å²) in [7, 11) is 0. The first-order valence-corrected chi connectivity index (χ1v) is 6.34. The van der Waals surface area contributed by atoms with Crippen LogP contribution < -0.4 is 0 Å². The second kappa shape index (κ2) is 4.92. The van der Waals surface area contributed by atoms with Crippen molar-refractivity contribution < 1.29 is 24.1 Å². The summed E-state index contributed by atoms with van der Waals surface area (Å²) in [5, 5.41) is 9.61. The normalized spacial score (nSPS) is 33.2. The lowest BCUT2D eigenvalue weighted by molar-refractivity contribution is -0.0209. The first-order chi connectivity index (χ1) is 9.15.